The predicted octanol–water partition coefficient (Wildman–Crippen LogP) is 0.728. The topological polar surface area (TPSA) is 49.3 Å². The lowest BCUT2D eigenvalue weighted by Gasteiger charge is -1.96. The Morgan fingerprint density at radius 2 is 2.43 bits per heavy atom. The van der Waals surface area contributed by atoms with E-state index < -0.39 is 0 Å². The first-order valence-corrected chi connectivity index (χ1v) is 4.97. The van der Waals surface area contributed by atoms with Crippen LogP contribution in [-0.2, 0) is 11.3 Å². The molecule has 0 aromatic carbocycles. The number of thiophene rings is 1. The van der Waals surface area contributed by atoms with Crippen LogP contribution >= 0.6 is 11.3 Å². The Morgan fingerprint density at radius 1 is 1.64 bits per heavy atom. The van der Waals surface area contributed by atoms with Crippen molar-refractivity contribution in [3.05, 3.63) is 21.9 Å². The number of aliphatic hydroxyl groups is 1. The van der Waals surface area contributed by atoms with Crippen LogP contribution in [0.4, 0.5) is 0 Å². The molecule has 74 valence electrons. The minimum absolute atomic E-state index is 0.0404. The summed E-state index contributed by atoms with van der Waals surface area (Å²) in [6, 6.07) is 3.80. The number of nitrogens with one attached hydrogen (secondary N) is 1. The monoisotopic (exact) mass is 209 g/mol. The molecule has 0 spiro atoms. The standard InChI is InChI=1S/C10H11NO2S/c1-8(13)11-7-10-5-4-9(14-10)3-2-6-12/h4-5,12H,6-7H2,1H3,(H,11,13). The van der Waals surface area contributed by atoms with Crippen LogP contribution in [0.5, 0.6) is 0 Å². The van der Waals surface area contributed by atoms with Gasteiger partial charge in [-0.2, -0.15) is 0 Å². The minimum atomic E-state index is -0.126. The van der Waals surface area contributed by atoms with Gasteiger partial charge in [0.15, 0.2) is 0 Å². The molecule has 3 nitrogen and oxygen atoms in total. The van der Waals surface area contributed by atoms with Crippen molar-refractivity contribution in [2.24, 2.45) is 0 Å². The van der Waals surface area contributed by atoms with Crippen LogP contribution < -0.4 is 5.32 Å². The Bertz CT molecular complexity index is 373. The highest BCUT2D eigenvalue weighted by molar-refractivity contribution is 7.12. The van der Waals surface area contributed by atoms with E-state index in [-0.39, 0.29) is 12.5 Å². The van der Waals surface area contributed by atoms with Crippen LogP contribution in [0.3, 0.4) is 0 Å². The summed E-state index contributed by atoms with van der Waals surface area (Å²) in [4.78, 5) is 12.6. The quantitative estimate of drug-likeness (QED) is 0.705. The lowest BCUT2D eigenvalue weighted by Crippen LogP contribution is -2.17. The summed E-state index contributed by atoms with van der Waals surface area (Å²) in [6.45, 7) is 1.90. The zero-order valence-electron chi connectivity index (χ0n) is 7.83. The van der Waals surface area contributed by atoms with Crippen molar-refractivity contribution in [1.82, 2.24) is 5.32 Å². The summed E-state index contributed by atoms with van der Waals surface area (Å²) < 4.78 is 0. The van der Waals surface area contributed by atoms with Gasteiger partial charge in [0.1, 0.15) is 6.61 Å². The first kappa shape index (κ1) is 10.8. The Kier molecular flexibility index (Phi) is 4.17. The third-order valence-corrected chi connectivity index (χ3v) is 2.46. The maximum atomic E-state index is 10.6. The molecule has 1 rings (SSSR count). The van der Waals surface area contributed by atoms with E-state index in [1.165, 1.54) is 18.3 Å². The molecule has 0 saturated carbocycles. The molecule has 1 aromatic heterocycles. The van der Waals surface area contributed by atoms with E-state index >= 15 is 0 Å². The minimum Gasteiger partial charge on any atom is -0.384 e. The summed E-state index contributed by atoms with van der Waals surface area (Å²) >= 11 is 1.52. The van der Waals surface area contributed by atoms with Crippen molar-refractivity contribution >= 4 is 17.2 Å². The second-order valence-corrected chi connectivity index (χ2v) is 3.80. The van der Waals surface area contributed by atoms with Crippen molar-refractivity contribution in [1.29, 1.82) is 0 Å². The van der Waals surface area contributed by atoms with Crippen LogP contribution in [0.25, 0.3) is 0 Å². The van der Waals surface area contributed by atoms with Crippen LogP contribution in [0, 0.1) is 11.8 Å². The van der Waals surface area contributed by atoms with E-state index in [0.717, 1.165) is 9.75 Å². The average Bonchev–Trinajstić information content (AvgIpc) is 2.59. The summed E-state index contributed by atoms with van der Waals surface area (Å²) in [6.07, 6.45) is 0. The number of hydrogen-bond acceptors (Lipinski definition) is 3. The van der Waals surface area contributed by atoms with Gasteiger partial charge in [-0.05, 0) is 12.1 Å². The lowest BCUT2D eigenvalue weighted by atomic mass is 10.4. The van der Waals surface area contributed by atoms with Crippen molar-refractivity contribution in [3.63, 3.8) is 0 Å². The van der Waals surface area contributed by atoms with Gasteiger partial charge in [0.05, 0.1) is 11.4 Å². The van der Waals surface area contributed by atoms with Gasteiger partial charge < -0.3 is 10.4 Å². The normalized spacial score (nSPS) is 9.00. The fourth-order valence-electron chi connectivity index (χ4n) is 0.878. The van der Waals surface area contributed by atoms with Crippen molar-refractivity contribution in [3.8, 4) is 11.8 Å². The molecule has 0 aliphatic heterocycles. The smallest absolute Gasteiger partial charge is 0.217 e. The second kappa shape index (κ2) is 5.43. The van der Waals surface area contributed by atoms with E-state index in [4.69, 9.17) is 5.11 Å². The largest absolute Gasteiger partial charge is 0.384 e. The second-order valence-electron chi connectivity index (χ2n) is 2.64. The fourth-order valence-corrected chi connectivity index (χ4v) is 1.70. The fraction of sp³-hybridized carbons (Fsp3) is 0.300. The molecule has 1 aromatic rings. The highest BCUT2D eigenvalue weighted by Gasteiger charge is 1.98. The average molecular weight is 209 g/mol. The van der Waals surface area contributed by atoms with Gasteiger partial charge in [-0.3, -0.25) is 4.79 Å². The molecule has 0 atom stereocenters. The molecule has 14 heavy (non-hydrogen) atoms. The summed E-state index contributed by atoms with van der Waals surface area (Å²) in [5, 5.41) is 11.2. The highest BCUT2D eigenvalue weighted by atomic mass is 32.1. The predicted molar refractivity (Wildman–Crippen MR) is 55.8 cm³/mol. The number of hydrogen-bond donors (Lipinski definition) is 2. The molecule has 0 bridgehead atoms. The van der Waals surface area contributed by atoms with Gasteiger partial charge >= 0.3 is 0 Å². The third kappa shape index (κ3) is 3.60. The Hall–Kier alpha value is -1.31. The molecule has 4 heteroatoms. The van der Waals surface area contributed by atoms with Crippen LogP contribution in [-0.4, -0.2) is 17.6 Å². The van der Waals surface area contributed by atoms with E-state index in [9.17, 15) is 4.79 Å². The number of carbonyl (C=O) groups is 1. The van der Waals surface area contributed by atoms with Crippen molar-refractivity contribution < 1.29 is 9.90 Å². The summed E-state index contributed by atoms with van der Waals surface area (Å²) in [5.41, 5.74) is 0. The zero-order chi connectivity index (χ0) is 10.4. The first-order valence-electron chi connectivity index (χ1n) is 4.15. The molecule has 0 saturated heterocycles. The van der Waals surface area contributed by atoms with Crippen molar-refractivity contribution in [2.75, 3.05) is 6.61 Å². The number of carbonyl (C=O) groups excluding carboxylic acids is 1. The Morgan fingerprint density at radius 3 is 3.07 bits per heavy atom. The van der Waals surface area contributed by atoms with Gasteiger partial charge in [-0.1, -0.05) is 11.8 Å². The maximum Gasteiger partial charge on any atom is 0.217 e. The number of rotatable bonds is 2. The van der Waals surface area contributed by atoms with Crippen LogP contribution in [0.15, 0.2) is 12.1 Å². The molecule has 0 aliphatic carbocycles. The van der Waals surface area contributed by atoms with Gasteiger partial charge in [0.2, 0.25) is 5.91 Å². The van der Waals surface area contributed by atoms with Crippen LogP contribution in [0.1, 0.15) is 16.7 Å². The summed E-state index contributed by atoms with van der Waals surface area (Å²) in [5.74, 6) is 5.34. The van der Waals surface area contributed by atoms with Gasteiger partial charge in [0.25, 0.3) is 0 Å². The lowest BCUT2D eigenvalue weighted by molar-refractivity contribution is -0.119. The molecule has 2 N–H and O–H groups in total. The first-order chi connectivity index (χ1) is 6.72. The zero-order valence-corrected chi connectivity index (χ0v) is 8.65. The van der Waals surface area contributed by atoms with Gasteiger partial charge in [0, 0.05) is 11.8 Å². The highest BCUT2D eigenvalue weighted by Crippen LogP contribution is 2.14. The maximum absolute atomic E-state index is 10.6. The third-order valence-electron chi connectivity index (χ3n) is 1.46. The van der Waals surface area contributed by atoms with Gasteiger partial charge in [-0.25, -0.2) is 0 Å². The molecular formula is C10H11NO2S. The van der Waals surface area contributed by atoms with E-state index in [1.807, 2.05) is 12.1 Å². The van der Waals surface area contributed by atoms with E-state index in [0.29, 0.717) is 6.54 Å². The number of aliphatic hydroxyl groups excluding tert-OH is 1. The molecular weight excluding hydrogens is 198 g/mol. The molecule has 0 fully saturated rings. The number of amides is 1. The molecule has 1 heterocycles. The van der Waals surface area contributed by atoms with Gasteiger partial charge in [-0.15, -0.1) is 11.3 Å². The molecule has 0 unspecified atom stereocenters. The summed E-state index contributed by atoms with van der Waals surface area (Å²) in [7, 11) is 0. The van der Waals surface area contributed by atoms with E-state index in [1.54, 1.807) is 0 Å². The van der Waals surface area contributed by atoms with Crippen LogP contribution in [0.2, 0.25) is 0 Å². The molecule has 1 amide bonds. The van der Waals surface area contributed by atoms with E-state index in [2.05, 4.69) is 17.2 Å². The van der Waals surface area contributed by atoms with Crippen molar-refractivity contribution in [2.45, 2.75) is 13.5 Å². The molecule has 0 aliphatic rings. The Balaban J connectivity index is 2.55. The molecule has 0 radical (unpaired) electrons. The SMILES string of the molecule is CC(=O)NCc1ccc(C#CCO)s1. The Labute approximate surface area is 86.8 Å².